The smallest absolute Gasteiger partial charge is 0.323 e. The Morgan fingerprint density at radius 3 is 2.68 bits per heavy atom. The van der Waals surface area contributed by atoms with Crippen LogP contribution in [0, 0.1) is 12.7 Å². The average molecular weight is 520 g/mol. The number of ether oxygens (including phenoxy) is 2. The predicted molar refractivity (Wildman–Crippen MR) is 143 cm³/mol. The van der Waals surface area contributed by atoms with Gasteiger partial charge in [-0.15, -0.1) is 0 Å². The van der Waals surface area contributed by atoms with Crippen LogP contribution < -0.4 is 16.4 Å². The van der Waals surface area contributed by atoms with Gasteiger partial charge in [0, 0.05) is 37.9 Å². The maximum Gasteiger partial charge on any atom is 0.323 e. The van der Waals surface area contributed by atoms with Crippen LogP contribution in [-0.2, 0) is 22.6 Å². The van der Waals surface area contributed by atoms with E-state index in [0.717, 1.165) is 34.8 Å². The summed E-state index contributed by atoms with van der Waals surface area (Å²) in [6.07, 6.45) is 1.40. The Labute approximate surface area is 219 Å². The number of nitrogen functional groups attached to an aromatic ring is 1. The van der Waals surface area contributed by atoms with E-state index in [1.54, 1.807) is 42.0 Å². The van der Waals surface area contributed by atoms with E-state index >= 15 is 4.39 Å². The van der Waals surface area contributed by atoms with E-state index in [2.05, 4.69) is 15.0 Å². The van der Waals surface area contributed by atoms with E-state index in [4.69, 9.17) is 20.9 Å². The van der Waals surface area contributed by atoms with Gasteiger partial charge in [-0.2, -0.15) is 5.10 Å². The first kappa shape index (κ1) is 25.6. The number of halogens is 1. The number of rotatable bonds is 7. The molecule has 0 radical (unpaired) electrons. The zero-order valence-corrected chi connectivity index (χ0v) is 21.4. The van der Waals surface area contributed by atoms with Gasteiger partial charge in [0.1, 0.15) is 17.7 Å². The van der Waals surface area contributed by atoms with Crippen LogP contribution >= 0.6 is 0 Å². The van der Waals surface area contributed by atoms with E-state index in [0.29, 0.717) is 42.1 Å². The van der Waals surface area contributed by atoms with Gasteiger partial charge in [0.15, 0.2) is 5.82 Å². The van der Waals surface area contributed by atoms with Crippen molar-refractivity contribution in [1.82, 2.24) is 19.5 Å². The van der Waals surface area contributed by atoms with Crippen LogP contribution in [0.5, 0.6) is 0 Å². The van der Waals surface area contributed by atoms with E-state index in [1.807, 2.05) is 13.0 Å². The number of aromatic nitrogens is 3. The third kappa shape index (κ3) is 4.78. The van der Waals surface area contributed by atoms with Crippen molar-refractivity contribution in [1.29, 1.82) is 0 Å². The van der Waals surface area contributed by atoms with Gasteiger partial charge >= 0.3 is 6.03 Å². The largest absolute Gasteiger partial charge is 0.382 e. The zero-order chi connectivity index (χ0) is 26.8. The highest BCUT2D eigenvalue weighted by Crippen LogP contribution is 2.39. The molecule has 0 aliphatic carbocycles. The molecule has 198 valence electrons. The number of fused-ring (bicyclic) bond motifs is 1. The second-order valence-corrected chi connectivity index (χ2v) is 9.21. The third-order valence-corrected chi connectivity index (χ3v) is 6.68. The number of anilines is 3. The van der Waals surface area contributed by atoms with Gasteiger partial charge < -0.3 is 20.9 Å². The average Bonchev–Trinajstić information content (AvgIpc) is 3.20. The summed E-state index contributed by atoms with van der Waals surface area (Å²) in [5.41, 5.74) is 17.0. The van der Waals surface area contributed by atoms with Gasteiger partial charge in [-0.3, -0.25) is 9.80 Å². The van der Waals surface area contributed by atoms with Crippen molar-refractivity contribution in [3.63, 3.8) is 0 Å². The SMILES string of the molecule is COCc1c(-c2ccc(N(C(N)=O)c3cccc(C)c3)c(F)c2)c2c(N)ncnn2c1CN1CCOCC1. The molecule has 1 fully saturated rings. The van der Waals surface area contributed by atoms with Crippen LogP contribution in [0.1, 0.15) is 16.8 Å². The van der Waals surface area contributed by atoms with Crippen molar-refractivity contribution < 1.29 is 18.7 Å². The Bertz CT molecular complexity index is 1480. The van der Waals surface area contributed by atoms with Gasteiger partial charge in [0.05, 0.1) is 36.9 Å². The highest BCUT2D eigenvalue weighted by molar-refractivity contribution is 5.99. The standard InChI is InChI=1S/C27H30FN7O3/c1-17-4-3-5-19(12-17)34(27(30)36)22-7-6-18(13-21(22)28)24-20(15-37-2)23(14-33-8-10-38-11-9-33)35-25(24)26(29)31-16-32-35/h3-7,12-13,16H,8-11,14-15H2,1-2H3,(H2,30,36)(H2,29,31,32). The second-order valence-electron chi connectivity index (χ2n) is 9.21. The number of urea groups is 1. The molecule has 0 saturated carbocycles. The topological polar surface area (TPSA) is 124 Å². The molecule has 0 atom stereocenters. The lowest BCUT2D eigenvalue weighted by Gasteiger charge is -2.26. The Morgan fingerprint density at radius 2 is 2.00 bits per heavy atom. The summed E-state index contributed by atoms with van der Waals surface area (Å²) < 4.78 is 28.6. The molecule has 2 amide bonds. The molecular formula is C27H30FN7O3. The molecule has 4 N–H and O–H groups in total. The number of primary amides is 1. The normalized spacial score (nSPS) is 14.2. The molecule has 3 heterocycles. The van der Waals surface area contributed by atoms with Crippen molar-refractivity contribution in [3.8, 4) is 11.1 Å². The molecule has 0 unspecified atom stereocenters. The molecule has 2 aromatic heterocycles. The number of methoxy groups -OCH3 is 1. The molecule has 10 nitrogen and oxygen atoms in total. The maximum absolute atomic E-state index is 15.8. The summed E-state index contributed by atoms with van der Waals surface area (Å²) in [6, 6.07) is 11.0. The molecule has 1 saturated heterocycles. The van der Waals surface area contributed by atoms with Crippen molar-refractivity contribution >= 4 is 28.7 Å². The second kappa shape index (κ2) is 10.7. The van der Waals surface area contributed by atoms with E-state index < -0.39 is 11.8 Å². The van der Waals surface area contributed by atoms with Gasteiger partial charge in [-0.25, -0.2) is 18.7 Å². The minimum absolute atomic E-state index is 0.0430. The summed E-state index contributed by atoms with van der Waals surface area (Å²) in [7, 11) is 1.61. The summed E-state index contributed by atoms with van der Waals surface area (Å²) in [4.78, 5) is 20.0. The van der Waals surface area contributed by atoms with Crippen LogP contribution in [0.2, 0.25) is 0 Å². The molecular weight excluding hydrogens is 489 g/mol. The van der Waals surface area contributed by atoms with E-state index in [1.165, 1.54) is 12.4 Å². The number of aryl methyl sites for hydroxylation is 1. The Hall–Kier alpha value is -4.06. The molecule has 0 spiro atoms. The number of benzene rings is 2. The molecule has 0 bridgehead atoms. The highest BCUT2D eigenvalue weighted by atomic mass is 19.1. The van der Waals surface area contributed by atoms with Gasteiger partial charge in [0.25, 0.3) is 0 Å². The lowest BCUT2D eigenvalue weighted by Crippen LogP contribution is -2.36. The first-order chi connectivity index (χ1) is 18.4. The number of nitrogens with zero attached hydrogens (tertiary/aromatic N) is 5. The summed E-state index contributed by atoms with van der Waals surface area (Å²) in [5, 5.41) is 4.48. The first-order valence-corrected chi connectivity index (χ1v) is 12.3. The van der Waals surface area contributed by atoms with Crippen molar-refractivity contribution in [3.05, 3.63) is 71.4 Å². The van der Waals surface area contributed by atoms with Gasteiger partial charge in [-0.1, -0.05) is 18.2 Å². The van der Waals surface area contributed by atoms with Gasteiger partial charge in [-0.05, 0) is 42.3 Å². The summed E-state index contributed by atoms with van der Waals surface area (Å²) >= 11 is 0. The lowest BCUT2D eigenvalue weighted by molar-refractivity contribution is 0.0331. The van der Waals surface area contributed by atoms with Crippen LogP contribution in [-0.4, -0.2) is 58.9 Å². The predicted octanol–water partition coefficient (Wildman–Crippen LogP) is 3.62. The molecule has 1 aliphatic rings. The molecule has 4 aromatic rings. The zero-order valence-electron chi connectivity index (χ0n) is 21.4. The number of morpholine rings is 1. The molecule has 2 aromatic carbocycles. The fourth-order valence-corrected chi connectivity index (χ4v) is 4.96. The number of hydrogen-bond donors (Lipinski definition) is 2. The minimum atomic E-state index is -0.790. The monoisotopic (exact) mass is 519 g/mol. The van der Waals surface area contributed by atoms with Crippen molar-refractivity contribution in [2.24, 2.45) is 5.73 Å². The number of amides is 2. The Kier molecular flexibility index (Phi) is 7.23. The number of nitrogens with two attached hydrogens (primary N) is 2. The van der Waals surface area contributed by atoms with E-state index in [9.17, 15) is 4.79 Å². The molecule has 1 aliphatic heterocycles. The van der Waals surface area contributed by atoms with Crippen molar-refractivity contribution in [2.45, 2.75) is 20.1 Å². The van der Waals surface area contributed by atoms with Crippen LogP contribution in [0.4, 0.5) is 26.4 Å². The quantitative estimate of drug-likeness (QED) is 0.382. The van der Waals surface area contributed by atoms with Gasteiger partial charge in [0.2, 0.25) is 0 Å². The number of carbonyl (C=O) groups excluding carboxylic acids is 1. The lowest BCUT2D eigenvalue weighted by atomic mass is 10.00. The van der Waals surface area contributed by atoms with E-state index in [-0.39, 0.29) is 18.1 Å². The van der Waals surface area contributed by atoms with Crippen LogP contribution in [0.25, 0.3) is 16.6 Å². The Balaban J connectivity index is 1.65. The summed E-state index contributed by atoms with van der Waals surface area (Å²) in [6.45, 7) is 5.59. The molecule has 38 heavy (non-hydrogen) atoms. The number of hydrogen-bond acceptors (Lipinski definition) is 7. The molecule has 11 heteroatoms. The summed E-state index contributed by atoms with van der Waals surface area (Å²) in [5.74, 6) is -0.348. The third-order valence-electron chi connectivity index (χ3n) is 6.68. The fourth-order valence-electron chi connectivity index (χ4n) is 4.96. The van der Waals surface area contributed by atoms with Crippen molar-refractivity contribution in [2.75, 3.05) is 44.0 Å². The molecule has 5 rings (SSSR count). The Morgan fingerprint density at radius 1 is 1.21 bits per heavy atom. The first-order valence-electron chi connectivity index (χ1n) is 12.3. The number of carbonyl (C=O) groups is 1. The fraction of sp³-hybridized carbons (Fsp3) is 0.296. The minimum Gasteiger partial charge on any atom is -0.382 e. The van der Waals surface area contributed by atoms with Crippen LogP contribution in [0.3, 0.4) is 0 Å². The maximum atomic E-state index is 15.8. The highest BCUT2D eigenvalue weighted by Gasteiger charge is 2.26. The van der Waals surface area contributed by atoms with Crippen LogP contribution in [0.15, 0.2) is 48.8 Å².